The predicted octanol–water partition coefficient (Wildman–Crippen LogP) is 3.64. The SMILES string of the molecule is CC(=O)c1cc(N=Nc2ccccc2CC(=O)O)ccc1O. The first kappa shape index (κ1) is 15.4. The molecule has 2 rings (SSSR count). The van der Waals surface area contributed by atoms with Crippen molar-refractivity contribution in [3.05, 3.63) is 53.6 Å². The third-order valence-corrected chi connectivity index (χ3v) is 2.97. The number of hydrogen-bond acceptors (Lipinski definition) is 5. The molecule has 2 aromatic rings. The molecule has 0 fully saturated rings. The highest BCUT2D eigenvalue weighted by atomic mass is 16.4. The van der Waals surface area contributed by atoms with Crippen LogP contribution in [-0.4, -0.2) is 22.0 Å². The molecular weight excluding hydrogens is 284 g/mol. The number of ketones is 1. The van der Waals surface area contributed by atoms with Crippen LogP contribution in [-0.2, 0) is 11.2 Å². The average molecular weight is 298 g/mol. The van der Waals surface area contributed by atoms with Gasteiger partial charge in [0, 0.05) is 0 Å². The van der Waals surface area contributed by atoms with E-state index < -0.39 is 5.97 Å². The Balaban J connectivity index is 2.31. The van der Waals surface area contributed by atoms with Crippen molar-refractivity contribution in [2.24, 2.45) is 10.2 Å². The highest BCUT2D eigenvalue weighted by Gasteiger charge is 2.08. The summed E-state index contributed by atoms with van der Waals surface area (Å²) in [4.78, 5) is 22.2. The van der Waals surface area contributed by atoms with Crippen LogP contribution in [0.15, 0.2) is 52.7 Å². The van der Waals surface area contributed by atoms with Crippen molar-refractivity contribution in [3.8, 4) is 5.75 Å². The van der Waals surface area contributed by atoms with Crippen molar-refractivity contribution in [1.82, 2.24) is 0 Å². The fraction of sp³-hybridized carbons (Fsp3) is 0.125. The van der Waals surface area contributed by atoms with Crippen LogP contribution in [0.1, 0.15) is 22.8 Å². The second-order valence-electron chi connectivity index (χ2n) is 4.66. The average Bonchev–Trinajstić information content (AvgIpc) is 2.47. The molecule has 2 aromatic carbocycles. The topological polar surface area (TPSA) is 99.3 Å². The van der Waals surface area contributed by atoms with Gasteiger partial charge in [-0.25, -0.2) is 0 Å². The molecule has 0 radical (unpaired) electrons. The van der Waals surface area contributed by atoms with Crippen molar-refractivity contribution in [1.29, 1.82) is 0 Å². The lowest BCUT2D eigenvalue weighted by Crippen LogP contribution is -1.99. The van der Waals surface area contributed by atoms with Crippen LogP contribution < -0.4 is 0 Å². The minimum Gasteiger partial charge on any atom is -0.507 e. The molecule has 0 unspecified atom stereocenters. The number of nitrogens with zero attached hydrogens (tertiary/aromatic N) is 2. The minimum absolute atomic E-state index is 0.113. The fourth-order valence-electron chi connectivity index (χ4n) is 1.90. The summed E-state index contributed by atoms with van der Waals surface area (Å²) in [5.74, 6) is -1.34. The maximum atomic E-state index is 11.4. The van der Waals surface area contributed by atoms with Crippen LogP contribution in [0.5, 0.6) is 5.75 Å². The first-order valence-corrected chi connectivity index (χ1v) is 6.53. The van der Waals surface area contributed by atoms with Gasteiger partial charge in [-0.3, -0.25) is 9.59 Å². The van der Waals surface area contributed by atoms with E-state index in [9.17, 15) is 14.7 Å². The molecule has 0 saturated carbocycles. The number of carbonyl (C=O) groups is 2. The molecule has 0 spiro atoms. The summed E-state index contributed by atoms with van der Waals surface area (Å²) in [7, 11) is 0. The van der Waals surface area contributed by atoms with Gasteiger partial charge >= 0.3 is 5.97 Å². The number of rotatable bonds is 5. The van der Waals surface area contributed by atoms with Gasteiger partial charge in [-0.1, -0.05) is 18.2 Å². The second-order valence-corrected chi connectivity index (χ2v) is 4.66. The Kier molecular flexibility index (Phi) is 4.63. The van der Waals surface area contributed by atoms with Gasteiger partial charge in [0.05, 0.1) is 23.4 Å². The Hall–Kier alpha value is -3.02. The summed E-state index contributed by atoms with van der Waals surface area (Å²) in [6, 6.07) is 11.1. The highest BCUT2D eigenvalue weighted by molar-refractivity contribution is 5.97. The Morgan fingerprint density at radius 3 is 2.50 bits per heavy atom. The van der Waals surface area contributed by atoms with E-state index >= 15 is 0 Å². The number of carboxylic acid groups (broad SMARTS) is 1. The standard InChI is InChI=1S/C16H14N2O4/c1-10(19)13-9-12(6-7-15(13)20)17-18-14-5-3-2-4-11(14)8-16(21)22/h2-7,9,20H,8H2,1H3,(H,21,22). The molecule has 0 saturated heterocycles. The Morgan fingerprint density at radius 1 is 1.09 bits per heavy atom. The molecule has 0 heterocycles. The summed E-state index contributed by atoms with van der Waals surface area (Å²) in [5, 5.41) is 26.5. The van der Waals surface area contributed by atoms with Crippen LogP contribution in [0.2, 0.25) is 0 Å². The lowest BCUT2D eigenvalue weighted by atomic mass is 10.1. The number of phenolic OH excluding ortho intramolecular Hbond substituents is 1. The van der Waals surface area contributed by atoms with E-state index in [1.807, 2.05) is 0 Å². The van der Waals surface area contributed by atoms with Crippen molar-refractivity contribution < 1.29 is 19.8 Å². The molecule has 0 aliphatic heterocycles. The molecule has 0 bridgehead atoms. The molecule has 0 aliphatic carbocycles. The molecule has 0 amide bonds. The number of benzene rings is 2. The fourth-order valence-corrected chi connectivity index (χ4v) is 1.90. The number of carboxylic acids is 1. The third kappa shape index (κ3) is 3.76. The first-order valence-electron chi connectivity index (χ1n) is 6.53. The molecule has 2 N–H and O–H groups in total. The summed E-state index contributed by atoms with van der Waals surface area (Å²) in [5.41, 5.74) is 1.55. The summed E-state index contributed by atoms with van der Waals surface area (Å²) in [6.45, 7) is 1.35. The minimum atomic E-state index is -0.953. The number of carbonyl (C=O) groups excluding carboxylic acids is 1. The lowest BCUT2D eigenvalue weighted by molar-refractivity contribution is -0.136. The van der Waals surface area contributed by atoms with Gasteiger partial charge in [0.2, 0.25) is 0 Å². The maximum absolute atomic E-state index is 11.4. The summed E-state index contributed by atoms with van der Waals surface area (Å²) >= 11 is 0. The smallest absolute Gasteiger partial charge is 0.307 e. The quantitative estimate of drug-likeness (QED) is 0.650. The van der Waals surface area contributed by atoms with Crippen LogP contribution in [0.3, 0.4) is 0 Å². The number of aromatic hydroxyl groups is 1. The van der Waals surface area contributed by atoms with Gasteiger partial charge in [0.1, 0.15) is 5.75 Å². The van der Waals surface area contributed by atoms with Crippen molar-refractivity contribution >= 4 is 23.1 Å². The lowest BCUT2D eigenvalue weighted by Gasteiger charge is -2.03. The Bertz CT molecular complexity index is 754. The second kappa shape index (κ2) is 6.62. The predicted molar refractivity (Wildman–Crippen MR) is 80.1 cm³/mol. The van der Waals surface area contributed by atoms with Crippen LogP contribution >= 0.6 is 0 Å². The molecule has 0 aromatic heterocycles. The molecule has 6 nitrogen and oxygen atoms in total. The zero-order chi connectivity index (χ0) is 16.1. The summed E-state index contributed by atoms with van der Waals surface area (Å²) in [6.07, 6.45) is -0.149. The largest absolute Gasteiger partial charge is 0.507 e. The molecule has 22 heavy (non-hydrogen) atoms. The zero-order valence-electron chi connectivity index (χ0n) is 11.9. The first-order chi connectivity index (χ1) is 10.5. The van der Waals surface area contributed by atoms with Crippen LogP contribution in [0, 0.1) is 0 Å². The van der Waals surface area contributed by atoms with Crippen molar-refractivity contribution in [3.63, 3.8) is 0 Å². The van der Waals surface area contributed by atoms with Crippen LogP contribution in [0.25, 0.3) is 0 Å². The van der Waals surface area contributed by atoms with E-state index in [0.29, 0.717) is 16.9 Å². The number of aliphatic carboxylic acids is 1. The van der Waals surface area contributed by atoms with Crippen molar-refractivity contribution in [2.45, 2.75) is 13.3 Å². The Morgan fingerprint density at radius 2 is 1.82 bits per heavy atom. The van der Waals surface area contributed by atoms with Crippen LogP contribution in [0.4, 0.5) is 11.4 Å². The molecule has 112 valence electrons. The highest BCUT2D eigenvalue weighted by Crippen LogP contribution is 2.26. The molecule has 0 atom stereocenters. The number of Topliss-reactive ketones (excluding diaryl/α,β-unsaturated/α-hetero) is 1. The van der Waals surface area contributed by atoms with Gasteiger partial charge in [-0.05, 0) is 36.8 Å². The maximum Gasteiger partial charge on any atom is 0.307 e. The monoisotopic (exact) mass is 298 g/mol. The number of hydrogen-bond donors (Lipinski definition) is 2. The van der Waals surface area contributed by atoms with E-state index in [-0.39, 0.29) is 23.5 Å². The van der Waals surface area contributed by atoms with E-state index in [1.165, 1.54) is 25.1 Å². The van der Waals surface area contributed by atoms with E-state index in [4.69, 9.17) is 5.11 Å². The van der Waals surface area contributed by atoms with E-state index in [1.54, 1.807) is 24.3 Å². The molecule has 6 heteroatoms. The van der Waals surface area contributed by atoms with E-state index in [0.717, 1.165) is 0 Å². The summed E-state index contributed by atoms with van der Waals surface area (Å²) < 4.78 is 0. The van der Waals surface area contributed by atoms with E-state index in [2.05, 4.69) is 10.2 Å². The number of phenols is 1. The van der Waals surface area contributed by atoms with Gasteiger partial charge in [-0.2, -0.15) is 10.2 Å². The van der Waals surface area contributed by atoms with Gasteiger partial charge in [0.25, 0.3) is 0 Å². The van der Waals surface area contributed by atoms with Crippen molar-refractivity contribution in [2.75, 3.05) is 0 Å². The van der Waals surface area contributed by atoms with Gasteiger partial charge < -0.3 is 10.2 Å². The van der Waals surface area contributed by atoms with Gasteiger partial charge in [0.15, 0.2) is 5.78 Å². The zero-order valence-corrected chi connectivity index (χ0v) is 11.9. The molecule has 0 aliphatic rings. The number of azo groups is 1. The third-order valence-electron chi connectivity index (χ3n) is 2.97. The molecular formula is C16H14N2O4. The van der Waals surface area contributed by atoms with Gasteiger partial charge in [-0.15, -0.1) is 0 Å². The Labute approximate surface area is 126 Å². The normalized spacial score (nSPS) is 10.8.